The van der Waals surface area contributed by atoms with Crippen LogP contribution in [0.5, 0.6) is 5.75 Å². The first-order chi connectivity index (χ1) is 9.60. The number of benzene rings is 1. The Kier molecular flexibility index (Phi) is 4.76. The average molecular weight is 290 g/mol. The van der Waals surface area contributed by atoms with Crippen molar-refractivity contribution in [1.29, 1.82) is 0 Å². The molecule has 1 amide bonds. The van der Waals surface area contributed by atoms with Gasteiger partial charge in [-0.3, -0.25) is 4.79 Å². The number of hydrogen-bond donors (Lipinski definition) is 2. The van der Waals surface area contributed by atoms with E-state index >= 15 is 0 Å². The van der Waals surface area contributed by atoms with Gasteiger partial charge in [0.25, 0.3) is 0 Å². The predicted molar refractivity (Wildman–Crippen MR) is 81.1 cm³/mol. The van der Waals surface area contributed by atoms with Crippen LogP contribution in [0.1, 0.15) is 33.8 Å². The van der Waals surface area contributed by atoms with Gasteiger partial charge >= 0.3 is 0 Å². The van der Waals surface area contributed by atoms with E-state index in [9.17, 15) is 4.79 Å². The van der Waals surface area contributed by atoms with Crippen LogP contribution < -0.4 is 15.8 Å². The standard InChI is InChI=1S/C15H18N2O2S/c1-10(11-3-5-13(19-2)6-4-11)17-8-14-7-12(9-20-14)15(16)18/h3-7,9-10,17H,8H2,1-2H3,(H2,16,18). The molecule has 3 N–H and O–H groups in total. The summed E-state index contributed by atoms with van der Waals surface area (Å²) in [5, 5.41) is 5.21. The predicted octanol–water partition coefficient (Wildman–Crippen LogP) is 2.71. The van der Waals surface area contributed by atoms with Gasteiger partial charge in [-0.2, -0.15) is 0 Å². The summed E-state index contributed by atoms with van der Waals surface area (Å²) in [4.78, 5) is 12.1. The third kappa shape index (κ3) is 3.59. The summed E-state index contributed by atoms with van der Waals surface area (Å²) in [5.41, 5.74) is 7.00. The molecule has 106 valence electrons. The van der Waals surface area contributed by atoms with Gasteiger partial charge in [0, 0.05) is 22.8 Å². The van der Waals surface area contributed by atoms with Crippen LogP contribution in [-0.2, 0) is 6.54 Å². The summed E-state index contributed by atoms with van der Waals surface area (Å²) in [5.74, 6) is 0.473. The van der Waals surface area contributed by atoms with Gasteiger partial charge in [-0.15, -0.1) is 11.3 Å². The van der Waals surface area contributed by atoms with Crippen LogP contribution in [0.25, 0.3) is 0 Å². The summed E-state index contributed by atoms with van der Waals surface area (Å²) in [7, 11) is 1.66. The van der Waals surface area contributed by atoms with E-state index in [1.165, 1.54) is 16.9 Å². The lowest BCUT2D eigenvalue weighted by molar-refractivity contribution is 0.100. The van der Waals surface area contributed by atoms with Crippen molar-refractivity contribution in [3.05, 3.63) is 51.7 Å². The molecule has 0 aliphatic rings. The second kappa shape index (κ2) is 6.54. The molecule has 0 aliphatic heterocycles. The highest BCUT2D eigenvalue weighted by Crippen LogP contribution is 2.19. The smallest absolute Gasteiger partial charge is 0.249 e. The molecule has 0 aliphatic carbocycles. The van der Waals surface area contributed by atoms with Gasteiger partial charge in [-0.05, 0) is 30.7 Å². The lowest BCUT2D eigenvalue weighted by atomic mass is 10.1. The summed E-state index contributed by atoms with van der Waals surface area (Å²) in [6.07, 6.45) is 0. The lowest BCUT2D eigenvalue weighted by Crippen LogP contribution is -2.17. The van der Waals surface area contributed by atoms with Crippen molar-refractivity contribution in [3.63, 3.8) is 0 Å². The van der Waals surface area contributed by atoms with E-state index in [0.717, 1.165) is 10.6 Å². The molecule has 1 atom stereocenters. The highest BCUT2D eigenvalue weighted by atomic mass is 32.1. The first kappa shape index (κ1) is 14.6. The van der Waals surface area contributed by atoms with Crippen LogP contribution in [0, 0.1) is 0 Å². The molecule has 2 rings (SSSR count). The molecule has 1 heterocycles. The molecule has 1 unspecified atom stereocenters. The summed E-state index contributed by atoms with van der Waals surface area (Å²) < 4.78 is 5.14. The van der Waals surface area contributed by atoms with Crippen molar-refractivity contribution in [3.8, 4) is 5.75 Å². The van der Waals surface area contributed by atoms with Crippen molar-refractivity contribution in [2.45, 2.75) is 19.5 Å². The van der Waals surface area contributed by atoms with E-state index in [1.54, 1.807) is 12.5 Å². The molecule has 0 fully saturated rings. The van der Waals surface area contributed by atoms with Crippen LogP contribution >= 0.6 is 11.3 Å². The third-order valence-corrected chi connectivity index (χ3v) is 4.07. The summed E-state index contributed by atoms with van der Waals surface area (Å²) in [6.45, 7) is 2.82. The Morgan fingerprint density at radius 3 is 2.65 bits per heavy atom. The quantitative estimate of drug-likeness (QED) is 0.859. The SMILES string of the molecule is COc1ccc(C(C)NCc2cc(C(N)=O)cs2)cc1. The van der Waals surface area contributed by atoms with Crippen molar-refractivity contribution >= 4 is 17.2 Å². The maximum Gasteiger partial charge on any atom is 0.249 e. The van der Waals surface area contributed by atoms with Gasteiger partial charge < -0.3 is 15.8 Å². The van der Waals surface area contributed by atoms with Gasteiger partial charge in [0.15, 0.2) is 0 Å². The molecule has 0 saturated carbocycles. The Bertz CT molecular complexity index is 578. The number of nitrogens with one attached hydrogen (secondary N) is 1. The number of primary amides is 1. The molecule has 5 heteroatoms. The number of ether oxygens (including phenoxy) is 1. The molecular weight excluding hydrogens is 272 g/mol. The Hall–Kier alpha value is -1.85. The second-order valence-corrected chi connectivity index (χ2v) is 5.54. The fourth-order valence-electron chi connectivity index (χ4n) is 1.87. The number of rotatable bonds is 6. The molecule has 0 bridgehead atoms. The van der Waals surface area contributed by atoms with E-state index in [4.69, 9.17) is 10.5 Å². The minimum absolute atomic E-state index is 0.222. The van der Waals surface area contributed by atoms with Crippen LogP contribution in [0.3, 0.4) is 0 Å². The zero-order valence-corrected chi connectivity index (χ0v) is 12.4. The van der Waals surface area contributed by atoms with Crippen molar-refractivity contribution < 1.29 is 9.53 Å². The first-order valence-electron chi connectivity index (χ1n) is 6.34. The minimum atomic E-state index is -0.379. The Morgan fingerprint density at radius 2 is 2.10 bits per heavy atom. The molecule has 2 aromatic rings. The fraction of sp³-hybridized carbons (Fsp3) is 0.267. The molecule has 1 aromatic heterocycles. The van der Waals surface area contributed by atoms with Crippen LogP contribution in [-0.4, -0.2) is 13.0 Å². The maximum absolute atomic E-state index is 11.0. The van der Waals surface area contributed by atoms with Crippen molar-refractivity contribution in [2.75, 3.05) is 7.11 Å². The fourth-order valence-corrected chi connectivity index (χ4v) is 2.69. The average Bonchev–Trinajstić information content (AvgIpc) is 2.94. The Labute approximate surface area is 122 Å². The number of amides is 1. The van der Waals surface area contributed by atoms with Crippen molar-refractivity contribution in [2.24, 2.45) is 5.73 Å². The lowest BCUT2D eigenvalue weighted by Gasteiger charge is -2.14. The highest BCUT2D eigenvalue weighted by Gasteiger charge is 2.08. The number of carbonyl (C=O) groups excluding carboxylic acids is 1. The number of thiophene rings is 1. The van der Waals surface area contributed by atoms with E-state index in [2.05, 4.69) is 12.2 Å². The monoisotopic (exact) mass is 290 g/mol. The maximum atomic E-state index is 11.0. The molecule has 0 saturated heterocycles. The zero-order valence-electron chi connectivity index (χ0n) is 11.6. The van der Waals surface area contributed by atoms with Crippen LogP contribution in [0.15, 0.2) is 35.7 Å². The molecule has 20 heavy (non-hydrogen) atoms. The molecule has 0 radical (unpaired) electrons. The normalized spacial score (nSPS) is 12.1. The third-order valence-electron chi connectivity index (χ3n) is 3.14. The minimum Gasteiger partial charge on any atom is -0.497 e. The van der Waals surface area contributed by atoms with E-state index in [0.29, 0.717) is 12.1 Å². The number of nitrogens with two attached hydrogens (primary N) is 1. The van der Waals surface area contributed by atoms with Gasteiger partial charge in [-0.25, -0.2) is 0 Å². The van der Waals surface area contributed by atoms with E-state index in [-0.39, 0.29) is 11.9 Å². The van der Waals surface area contributed by atoms with Gasteiger partial charge in [0.2, 0.25) is 5.91 Å². The van der Waals surface area contributed by atoms with E-state index in [1.807, 2.05) is 30.3 Å². The number of carbonyl (C=O) groups is 1. The largest absolute Gasteiger partial charge is 0.497 e. The molecular formula is C15H18N2O2S. The highest BCUT2D eigenvalue weighted by molar-refractivity contribution is 7.10. The second-order valence-electron chi connectivity index (χ2n) is 4.54. The van der Waals surface area contributed by atoms with Crippen LogP contribution in [0.4, 0.5) is 0 Å². The van der Waals surface area contributed by atoms with Crippen molar-refractivity contribution in [1.82, 2.24) is 5.32 Å². The van der Waals surface area contributed by atoms with Gasteiger partial charge in [0.05, 0.1) is 12.7 Å². The summed E-state index contributed by atoms with van der Waals surface area (Å²) in [6, 6.07) is 10.0. The molecule has 1 aromatic carbocycles. The molecule has 0 spiro atoms. The van der Waals surface area contributed by atoms with Crippen LogP contribution in [0.2, 0.25) is 0 Å². The van der Waals surface area contributed by atoms with E-state index < -0.39 is 0 Å². The Balaban J connectivity index is 1.93. The zero-order chi connectivity index (χ0) is 14.5. The Morgan fingerprint density at radius 1 is 1.40 bits per heavy atom. The number of hydrogen-bond acceptors (Lipinski definition) is 4. The first-order valence-corrected chi connectivity index (χ1v) is 7.22. The molecule has 4 nitrogen and oxygen atoms in total. The summed E-state index contributed by atoms with van der Waals surface area (Å²) >= 11 is 1.54. The topological polar surface area (TPSA) is 64.3 Å². The van der Waals surface area contributed by atoms with Gasteiger partial charge in [0.1, 0.15) is 5.75 Å². The number of methoxy groups -OCH3 is 1. The van der Waals surface area contributed by atoms with Gasteiger partial charge in [-0.1, -0.05) is 12.1 Å².